The monoisotopic (exact) mass is 1140 g/mol. The quantitative estimate of drug-likeness (QED) is 0.0202. The lowest BCUT2D eigenvalue weighted by molar-refractivity contribution is -0.157. The van der Waals surface area contributed by atoms with E-state index in [-0.39, 0.29) is 58.2 Å². The fourth-order valence-electron chi connectivity index (χ4n) is 6.78. The van der Waals surface area contributed by atoms with Gasteiger partial charge in [-0.05, 0) is 117 Å². The number of esters is 6. The van der Waals surface area contributed by atoms with Crippen molar-refractivity contribution in [1.29, 1.82) is 0 Å². The first-order chi connectivity index (χ1) is 36.3. The molecule has 6 N–H and O–H groups in total. The standard InChI is InChI=1S/C31H50N2O9Si.C23H44N2O7Si.CH4O/c1-31(2,3)42-26(34)17-16-24(21-27(35)40-19-20-43(5,6)7)28(36)33-25(29(37)39-4)15-11-12-18-32-30(38)41-22-23-13-9-8-10-14-23;1-23(2,3)32-19(26)12-11-17(16-20(27)31-14-15-33(5,6)7)21(28)25-18(22(29)30-4)10-8-9-13-24;1-2/h8-10,13-14,24-25H,11-12,15-22H2,1-7H3,(H,32,38)(H,33,36);17-18H,8-16,24H2,1-7H3,(H,25,28);2H,1H3/t24-,25+;17-,18+;/m11./s1. The van der Waals surface area contributed by atoms with E-state index in [9.17, 15) is 43.2 Å². The minimum absolute atomic E-state index is 0.0341. The number of nitrogens with two attached hydrogens (primary N) is 1. The van der Waals surface area contributed by atoms with Gasteiger partial charge < -0.3 is 59.9 Å². The van der Waals surface area contributed by atoms with Gasteiger partial charge in [0.15, 0.2) is 0 Å². The van der Waals surface area contributed by atoms with E-state index in [1.165, 1.54) is 14.2 Å². The Hall–Kier alpha value is -5.40. The van der Waals surface area contributed by atoms with Gasteiger partial charge in [0.1, 0.15) is 29.9 Å². The van der Waals surface area contributed by atoms with Crippen LogP contribution < -0.4 is 21.7 Å². The Kier molecular flexibility index (Phi) is 38.2. The lowest BCUT2D eigenvalue weighted by atomic mass is 9.97. The summed E-state index contributed by atoms with van der Waals surface area (Å²) >= 11 is 0. The summed E-state index contributed by atoms with van der Waals surface area (Å²) < 4.78 is 36.2. The maximum Gasteiger partial charge on any atom is 0.407 e. The van der Waals surface area contributed by atoms with Crippen LogP contribution in [0.2, 0.25) is 51.4 Å². The number of benzene rings is 1. The largest absolute Gasteiger partial charge is 0.467 e. The summed E-state index contributed by atoms with van der Waals surface area (Å²) in [6.45, 7) is 25.1. The Balaban J connectivity index is 0. The molecule has 448 valence electrons. The highest BCUT2D eigenvalue weighted by molar-refractivity contribution is 6.76. The summed E-state index contributed by atoms with van der Waals surface area (Å²) in [5, 5.41) is 15.0. The Bertz CT molecular complexity index is 1950. The van der Waals surface area contributed by atoms with Gasteiger partial charge in [0, 0.05) is 54.5 Å². The van der Waals surface area contributed by atoms with Crippen molar-refractivity contribution < 1.29 is 81.4 Å². The van der Waals surface area contributed by atoms with Crippen LogP contribution in [0, 0.1) is 11.8 Å². The molecular weight excluding hydrogens is 1040 g/mol. The van der Waals surface area contributed by atoms with Crippen LogP contribution in [-0.2, 0) is 78.1 Å². The number of hydrogen-bond acceptors (Lipinski definition) is 18. The average molecular weight is 1140 g/mol. The van der Waals surface area contributed by atoms with Crippen LogP contribution in [0.15, 0.2) is 30.3 Å². The maximum atomic E-state index is 13.3. The Morgan fingerprint density at radius 3 is 1.32 bits per heavy atom. The second kappa shape index (κ2) is 39.9. The molecule has 1 aromatic rings. The average Bonchev–Trinajstić information content (AvgIpc) is 3.33. The highest BCUT2D eigenvalue weighted by atomic mass is 28.3. The van der Waals surface area contributed by atoms with Gasteiger partial charge in [0.05, 0.1) is 40.3 Å². The van der Waals surface area contributed by atoms with E-state index in [1.807, 2.05) is 30.3 Å². The molecule has 0 aliphatic heterocycles. The minimum Gasteiger partial charge on any atom is -0.467 e. The summed E-state index contributed by atoms with van der Waals surface area (Å²) in [6, 6.07) is 9.10. The normalized spacial score (nSPS) is 12.9. The summed E-state index contributed by atoms with van der Waals surface area (Å²) in [7, 11) is 0.682. The number of unbranched alkanes of at least 4 members (excludes halogenated alkanes) is 2. The van der Waals surface area contributed by atoms with Gasteiger partial charge in [0.2, 0.25) is 11.8 Å². The summed E-state index contributed by atoms with van der Waals surface area (Å²) in [5.74, 6) is -5.98. The number of carbonyl (C=O) groups excluding carboxylic acids is 9. The number of alkyl carbamates (subject to hydrolysis) is 1. The van der Waals surface area contributed by atoms with Gasteiger partial charge in [-0.15, -0.1) is 0 Å². The molecule has 0 heterocycles. The zero-order valence-electron chi connectivity index (χ0n) is 49.7. The van der Waals surface area contributed by atoms with Crippen LogP contribution in [-0.4, -0.2) is 146 Å². The number of carbonyl (C=O) groups is 9. The molecule has 78 heavy (non-hydrogen) atoms. The van der Waals surface area contributed by atoms with E-state index < -0.39 is 105 Å². The van der Waals surface area contributed by atoms with Crippen molar-refractivity contribution in [3.63, 3.8) is 0 Å². The molecule has 0 fully saturated rings. The van der Waals surface area contributed by atoms with Crippen molar-refractivity contribution in [3.8, 4) is 0 Å². The molecule has 1 aromatic carbocycles. The van der Waals surface area contributed by atoms with Crippen LogP contribution >= 0.6 is 0 Å². The van der Waals surface area contributed by atoms with Gasteiger partial charge in [-0.1, -0.05) is 69.6 Å². The summed E-state index contributed by atoms with van der Waals surface area (Å²) in [4.78, 5) is 112. The molecule has 1 rings (SSSR count). The van der Waals surface area contributed by atoms with Crippen LogP contribution in [0.1, 0.15) is 124 Å². The molecule has 4 atom stereocenters. The van der Waals surface area contributed by atoms with Crippen molar-refractivity contribution in [1.82, 2.24) is 16.0 Å². The summed E-state index contributed by atoms with van der Waals surface area (Å²) in [5.41, 5.74) is 5.05. The molecule has 21 nitrogen and oxygen atoms in total. The van der Waals surface area contributed by atoms with Gasteiger partial charge in [0.25, 0.3) is 0 Å². The Morgan fingerprint density at radius 1 is 0.564 bits per heavy atom. The first kappa shape index (κ1) is 74.7. The zero-order valence-corrected chi connectivity index (χ0v) is 51.7. The van der Waals surface area contributed by atoms with Crippen molar-refractivity contribution in [3.05, 3.63) is 35.9 Å². The van der Waals surface area contributed by atoms with Crippen LogP contribution in [0.4, 0.5) is 4.79 Å². The molecular formula is C55H98N4O17Si2. The van der Waals surface area contributed by atoms with Gasteiger partial charge in [-0.3, -0.25) is 28.8 Å². The molecule has 0 unspecified atom stereocenters. The van der Waals surface area contributed by atoms with Gasteiger partial charge in [-0.25, -0.2) is 14.4 Å². The molecule has 0 aliphatic carbocycles. The number of amides is 3. The number of methoxy groups -OCH3 is 2. The van der Waals surface area contributed by atoms with Crippen LogP contribution in [0.3, 0.4) is 0 Å². The second-order valence-corrected chi connectivity index (χ2v) is 34.3. The van der Waals surface area contributed by atoms with Crippen molar-refractivity contribution in [2.24, 2.45) is 17.6 Å². The highest BCUT2D eigenvalue weighted by Gasteiger charge is 2.32. The molecule has 23 heteroatoms. The minimum atomic E-state index is -1.42. The topological polar surface area (TPSA) is 301 Å². The van der Waals surface area contributed by atoms with Gasteiger partial charge in [-0.2, -0.15) is 0 Å². The SMILES string of the molecule is CO.COC(=O)[C@H](CCCCN)NC(=O)[C@H](CCC(=O)OC(C)(C)C)CC(=O)OCC[Si](C)(C)C.COC(=O)[C@H](CCCCNC(=O)OCc1ccccc1)NC(=O)[C@H](CCC(=O)OC(C)(C)C)CC(=O)OCC[Si](C)(C)C. The van der Waals surface area contributed by atoms with E-state index in [2.05, 4.69) is 55.2 Å². The lowest BCUT2D eigenvalue weighted by Crippen LogP contribution is -2.45. The van der Waals surface area contributed by atoms with E-state index >= 15 is 0 Å². The fraction of sp³-hybridized carbons (Fsp3) is 0.727. The molecule has 3 amide bonds. The van der Waals surface area contributed by atoms with E-state index in [0.29, 0.717) is 51.8 Å². The molecule has 0 aromatic heterocycles. The predicted molar refractivity (Wildman–Crippen MR) is 302 cm³/mol. The Morgan fingerprint density at radius 2 is 0.962 bits per heavy atom. The third-order valence-electron chi connectivity index (χ3n) is 11.0. The number of rotatable bonds is 33. The molecule has 0 saturated heterocycles. The summed E-state index contributed by atoms with van der Waals surface area (Å²) in [6.07, 6.45) is 2.04. The number of nitrogens with one attached hydrogen (secondary N) is 3. The molecule has 0 bridgehead atoms. The third-order valence-corrected chi connectivity index (χ3v) is 14.4. The first-order valence-corrected chi connectivity index (χ1v) is 34.3. The van der Waals surface area contributed by atoms with Crippen molar-refractivity contribution in [2.45, 2.75) is 200 Å². The number of ether oxygens (including phenoxy) is 7. The van der Waals surface area contributed by atoms with Crippen LogP contribution in [0.25, 0.3) is 0 Å². The number of aliphatic hydroxyl groups is 1. The van der Waals surface area contributed by atoms with Gasteiger partial charge >= 0.3 is 41.9 Å². The van der Waals surface area contributed by atoms with Crippen LogP contribution in [0.5, 0.6) is 0 Å². The highest BCUT2D eigenvalue weighted by Crippen LogP contribution is 2.20. The van der Waals surface area contributed by atoms with Crippen molar-refractivity contribution in [2.75, 3.05) is 47.6 Å². The number of hydrogen-bond donors (Lipinski definition) is 5. The van der Waals surface area contributed by atoms with E-state index in [4.69, 9.17) is 44.0 Å². The smallest absolute Gasteiger partial charge is 0.407 e. The first-order valence-electron chi connectivity index (χ1n) is 26.9. The van der Waals surface area contributed by atoms with E-state index in [0.717, 1.165) is 24.8 Å². The third kappa shape index (κ3) is 41.7. The molecule has 0 radical (unpaired) electrons. The predicted octanol–water partition coefficient (Wildman–Crippen LogP) is 7.14. The van der Waals surface area contributed by atoms with Crippen molar-refractivity contribution >= 4 is 69.9 Å². The maximum absolute atomic E-state index is 13.3. The lowest BCUT2D eigenvalue weighted by Gasteiger charge is -2.23. The molecule has 0 spiro atoms. The molecule has 0 saturated carbocycles. The fourth-order valence-corrected chi connectivity index (χ4v) is 8.20. The zero-order chi connectivity index (χ0) is 60.1. The number of aliphatic hydroxyl groups excluding tert-OH is 1. The van der Waals surface area contributed by atoms with E-state index in [1.54, 1.807) is 41.5 Å². The Labute approximate surface area is 466 Å². The molecule has 0 aliphatic rings. The second-order valence-electron chi connectivity index (χ2n) is 23.1.